The van der Waals surface area contributed by atoms with Gasteiger partial charge in [0.2, 0.25) is 5.91 Å². The van der Waals surface area contributed by atoms with Crippen molar-refractivity contribution in [1.82, 2.24) is 10.6 Å². The van der Waals surface area contributed by atoms with Crippen LogP contribution in [0.15, 0.2) is 24.3 Å². The number of amides is 2. The first-order valence-corrected chi connectivity index (χ1v) is 8.27. The van der Waals surface area contributed by atoms with Gasteiger partial charge < -0.3 is 15.7 Å². The van der Waals surface area contributed by atoms with Crippen LogP contribution in [-0.4, -0.2) is 35.1 Å². The molecular weight excluding hydrogens is 292 g/mol. The average molecular weight is 318 g/mol. The Balaban J connectivity index is 1.83. The van der Waals surface area contributed by atoms with Crippen LogP contribution >= 0.6 is 0 Å². The first kappa shape index (κ1) is 17.5. The van der Waals surface area contributed by atoms with Crippen LogP contribution in [-0.2, 0) is 4.79 Å². The number of aliphatic hydroxyl groups is 1. The highest BCUT2D eigenvalue weighted by Crippen LogP contribution is 2.27. The van der Waals surface area contributed by atoms with Gasteiger partial charge in [0, 0.05) is 12.1 Å². The summed E-state index contributed by atoms with van der Waals surface area (Å²) in [5, 5.41) is 15.8. The quantitative estimate of drug-likeness (QED) is 0.776. The van der Waals surface area contributed by atoms with Crippen LogP contribution < -0.4 is 10.6 Å². The van der Waals surface area contributed by atoms with E-state index in [9.17, 15) is 14.7 Å². The SMILES string of the molecule is Cc1cccc(C(=O)NC(C)C(=O)NCC2(O)CCCCC2)c1. The molecule has 126 valence electrons. The molecule has 1 aliphatic carbocycles. The lowest BCUT2D eigenvalue weighted by atomic mass is 9.85. The molecule has 0 heterocycles. The normalized spacial score (nSPS) is 18.0. The van der Waals surface area contributed by atoms with Crippen LogP contribution in [0, 0.1) is 6.92 Å². The van der Waals surface area contributed by atoms with E-state index in [1.54, 1.807) is 19.1 Å². The number of hydrogen-bond donors (Lipinski definition) is 3. The van der Waals surface area contributed by atoms with Gasteiger partial charge in [-0.1, -0.05) is 37.0 Å². The summed E-state index contributed by atoms with van der Waals surface area (Å²) in [6.07, 6.45) is 4.56. The summed E-state index contributed by atoms with van der Waals surface area (Å²) in [7, 11) is 0. The molecule has 5 nitrogen and oxygen atoms in total. The maximum atomic E-state index is 12.1. The molecule has 1 unspecified atom stereocenters. The molecule has 0 saturated heterocycles. The number of carbonyl (C=O) groups is 2. The molecule has 0 bridgehead atoms. The molecular formula is C18H26N2O3. The van der Waals surface area contributed by atoms with Gasteiger partial charge in [0.1, 0.15) is 6.04 Å². The number of carbonyl (C=O) groups excluding carboxylic acids is 2. The van der Waals surface area contributed by atoms with Crippen LogP contribution in [0.25, 0.3) is 0 Å². The summed E-state index contributed by atoms with van der Waals surface area (Å²) >= 11 is 0. The topological polar surface area (TPSA) is 78.4 Å². The van der Waals surface area contributed by atoms with E-state index in [2.05, 4.69) is 10.6 Å². The second-order valence-electron chi connectivity index (χ2n) is 6.57. The molecule has 1 saturated carbocycles. The third-order valence-electron chi connectivity index (χ3n) is 4.40. The highest BCUT2D eigenvalue weighted by molar-refractivity contribution is 5.97. The van der Waals surface area contributed by atoms with Crippen molar-refractivity contribution < 1.29 is 14.7 Å². The van der Waals surface area contributed by atoms with Crippen LogP contribution in [0.2, 0.25) is 0 Å². The standard InChI is InChI=1S/C18H26N2O3/c1-13-7-6-8-15(11-13)17(22)20-14(2)16(21)19-12-18(23)9-4-3-5-10-18/h6-8,11,14,23H,3-5,9-10,12H2,1-2H3,(H,19,21)(H,20,22). The van der Waals surface area contributed by atoms with Gasteiger partial charge in [0.25, 0.3) is 5.91 Å². The Morgan fingerprint density at radius 1 is 1.26 bits per heavy atom. The summed E-state index contributed by atoms with van der Waals surface area (Å²) in [5.41, 5.74) is 0.735. The number of benzene rings is 1. The number of aryl methyl sites for hydroxylation is 1. The molecule has 0 aromatic heterocycles. The molecule has 5 heteroatoms. The fourth-order valence-electron chi connectivity index (χ4n) is 2.92. The van der Waals surface area contributed by atoms with E-state index in [4.69, 9.17) is 0 Å². The number of rotatable bonds is 5. The smallest absolute Gasteiger partial charge is 0.251 e. The molecule has 3 N–H and O–H groups in total. The minimum Gasteiger partial charge on any atom is -0.388 e. The van der Waals surface area contributed by atoms with E-state index in [-0.39, 0.29) is 18.4 Å². The zero-order chi connectivity index (χ0) is 16.9. The van der Waals surface area contributed by atoms with Crippen LogP contribution in [0.4, 0.5) is 0 Å². The highest BCUT2D eigenvalue weighted by Gasteiger charge is 2.30. The Bertz CT molecular complexity index is 565. The van der Waals surface area contributed by atoms with Crippen molar-refractivity contribution >= 4 is 11.8 Å². The van der Waals surface area contributed by atoms with Gasteiger partial charge in [0.15, 0.2) is 0 Å². The lowest BCUT2D eigenvalue weighted by molar-refractivity contribution is -0.124. The van der Waals surface area contributed by atoms with Gasteiger partial charge in [-0.25, -0.2) is 0 Å². The lowest BCUT2D eigenvalue weighted by Gasteiger charge is -2.32. The van der Waals surface area contributed by atoms with Gasteiger partial charge in [0.05, 0.1) is 5.60 Å². The second kappa shape index (κ2) is 7.59. The molecule has 0 spiro atoms. The van der Waals surface area contributed by atoms with E-state index >= 15 is 0 Å². The van der Waals surface area contributed by atoms with Crippen LogP contribution in [0.1, 0.15) is 54.9 Å². The van der Waals surface area contributed by atoms with Crippen molar-refractivity contribution in [1.29, 1.82) is 0 Å². The molecule has 1 aromatic carbocycles. The molecule has 2 rings (SSSR count). The fraction of sp³-hybridized carbons (Fsp3) is 0.556. The second-order valence-corrected chi connectivity index (χ2v) is 6.57. The Labute approximate surface area is 137 Å². The predicted octanol–water partition coefficient (Wildman–Crippen LogP) is 1.92. The number of nitrogens with one attached hydrogen (secondary N) is 2. The van der Waals surface area contributed by atoms with Gasteiger partial charge in [-0.05, 0) is 38.8 Å². The predicted molar refractivity (Wildman–Crippen MR) is 89.2 cm³/mol. The Morgan fingerprint density at radius 3 is 2.61 bits per heavy atom. The minimum absolute atomic E-state index is 0.247. The zero-order valence-electron chi connectivity index (χ0n) is 13.9. The summed E-state index contributed by atoms with van der Waals surface area (Å²) in [5.74, 6) is -0.544. The van der Waals surface area contributed by atoms with E-state index < -0.39 is 11.6 Å². The van der Waals surface area contributed by atoms with Crippen molar-refractivity contribution in [3.05, 3.63) is 35.4 Å². The van der Waals surface area contributed by atoms with E-state index in [1.165, 1.54) is 0 Å². The molecule has 0 radical (unpaired) electrons. The Morgan fingerprint density at radius 2 is 1.96 bits per heavy atom. The molecule has 0 aliphatic heterocycles. The maximum Gasteiger partial charge on any atom is 0.251 e. The monoisotopic (exact) mass is 318 g/mol. The Hall–Kier alpha value is -1.88. The first-order chi connectivity index (χ1) is 10.9. The molecule has 1 aliphatic rings. The zero-order valence-corrected chi connectivity index (χ0v) is 13.9. The van der Waals surface area contributed by atoms with E-state index in [1.807, 2.05) is 19.1 Å². The molecule has 23 heavy (non-hydrogen) atoms. The fourth-order valence-corrected chi connectivity index (χ4v) is 2.92. The van der Waals surface area contributed by atoms with Crippen molar-refractivity contribution in [2.45, 2.75) is 57.6 Å². The van der Waals surface area contributed by atoms with Crippen molar-refractivity contribution in [3.63, 3.8) is 0 Å². The van der Waals surface area contributed by atoms with Crippen molar-refractivity contribution in [2.24, 2.45) is 0 Å². The molecule has 1 aromatic rings. The van der Waals surface area contributed by atoms with Crippen molar-refractivity contribution in [3.8, 4) is 0 Å². The summed E-state index contributed by atoms with van der Waals surface area (Å²) < 4.78 is 0. The molecule has 1 atom stereocenters. The minimum atomic E-state index is -0.797. The summed E-state index contributed by atoms with van der Waals surface area (Å²) in [4.78, 5) is 24.3. The van der Waals surface area contributed by atoms with Crippen LogP contribution in [0.3, 0.4) is 0 Å². The molecule has 1 fully saturated rings. The van der Waals surface area contributed by atoms with E-state index in [0.717, 1.165) is 37.7 Å². The van der Waals surface area contributed by atoms with Gasteiger partial charge >= 0.3 is 0 Å². The van der Waals surface area contributed by atoms with E-state index in [0.29, 0.717) is 5.56 Å². The Kier molecular flexibility index (Phi) is 5.77. The molecule has 2 amide bonds. The first-order valence-electron chi connectivity index (χ1n) is 8.27. The summed E-state index contributed by atoms with van der Waals surface area (Å²) in [6.45, 7) is 3.81. The van der Waals surface area contributed by atoms with Crippen LogP contribution in [0.5, 0.6) is 0 Å². The van der Waals surface area contributed by atoms with Gasteiger partial charge in [-0.3, -0.25) is 9.59 Å². The average Bonchev–Trinajstić information content (AvgIpc) is 2.53. The van der Waals surface area contributed by atoms with Crippen molar-refractivity contribution in [2.75, 3.05) is 6.54 Å². The number of hydrogen-bond acceptors (Lipinski definition) is 3. The maximum absolute atomic E-state index is 12.1. The third kappa shape index (κ3) is 5.06. The van der Waals surface area contributed by atoms with Gasteiger partial charge in [-0.2, -0.15) is 0 Å². The lowest BCUT2D eigenvalue weighted by Crippen LogP contribution is -2.50. The highest BCUT2D eigenvalue weighted by atomic mass is 16.3. The van der Waals surface area contributed by atoms with Gasteiger partial charge in [-0.15, -0.1) is 0 Å². The largest absolute Gasteiger partial charge is 0.388 e. The summed E-state index contributed by atoms with van der Waals surface area (Å²) in [6, 6.07) is 6.59. The third-order valence-corrected chi connectivity index (χ3v) is 4.40.